The third kappa shape index (κ3) is 9.34. The molecule has 3 aromatic carbocycles. The van der Waals surface area contributed by atoms with Crippen LogP contribution in [0.3, 0.4) is 0 Å². The van der Waals surface area contributed by atoms with E-state index < -0.39 is 0 Å². The summed E-state index contributed by atoms with van der Waals surface area (Å²) in [6.07, 6.45) is 13.4. The van der Waals surface area contributed by atoms with Crippen LogP contribution in [0, 0.1) is 0 Å². The first-order valence-corrected chi connectivity index (χ1v) is 14.5. The van der Waals surface area contributed by atoms with E-state index in [-0.39, 0.29) is 5.78 Å². The summed E-state index contributed by atoms with van der Waals surface area (Å²) in [5, 5.41) is 0. The maximum absolute atomic E-state index is 12.7. The number of aromatic nitrogens is 2. The summed E-state index contributed by atoms with van der Waals surface area (Å²) in [6.45, 7) is 3.26. The molecule has 214 valence electrons. The minimum atomic E-state index is -0.137. The number of carbonyl (C=O) groups is 1. The molecule has 1 heterocycles. The van der Waals surface area contributed by atoms with E-state index in [1.807, 2.05) is 36.7 Å². The number of hydrogen-bond donors (Lipinski definition) is 2. The van der Waals surface area contributed by atoms with Gasteiger partial charge in [-0.1, -0.05) is 39.0 Å². The fourth-order valence-corrected chi connectivity index (χ4v) is 4.56. The monoisotopic (exact) mass is 552 g/mol. The van der Waals surface area contributed by atoms with E-state index in [4.69, 9.17) is 20.9 Å². The highest BCUT2D eigenvalue weighted by Gasteiger charge is 2.11. The van der Waals surface area contributed by atoms with Gasteiger partial charge in [0.05, 0.1) is 13.2 Å². The van der Waals surface area contributed by atoms with Crippen molar-refractivity contribution in [2.75, 3.05) is 24.7 Å². The molecule has 41 heavy (non-hydrogen) atoms. The molecule has 4 rings (SSSR count). The third-order valence-electron chi connectivity index (χ3n) is 6.82. The van der Waals surface area contributed by atoms with Crippen molar-refractivity contribution < 1.29 is 14.3 Å². The zero-order valence-electron chi connectivity index (χ0n) is 23.9. The van der Waals surface area contributed by atoms with Gasteiger partial charge >= 0.3 is 0 Å². The summed E-state index contributed by atoms with van der Waals surface area (Å²) in [5.74, 6) is 2.07. The van der Waals surface area contributed by atoms with E-state index in [1.165, 1.54) is 44.1 Å². The highest BCUT2D eigenvalue weighted by Crippen LogP contribution is 2.21. The number of anilines is 2. The molecular formula is C34H40N4O3. The number of benzene rings is 3. The second kappa shape index (κ2) is 15.4. The molecule has 0 aliphatic carbocycles. The highest BCUT2D eigenvalue weighted by molar-refractivity contribution is 6.10. The number of aryl methyl sites for hydroxylation is 1. The largest absolute Gasteiger partial charge is 0.493 e. The van der Waals surface area contributed by atoms with Crippen LogP contribution in [0.5, 0.6) is 11.5 Å². The van der Waals surface area contributed by atoms with Crippen LogP contribution in [0.15, 0.2) is 79.1 Å². The summed E-state index contributed by atoms with van der Waals surface area (Å²) < 4.78 is 11.7. The van der Waals surface area contributed by atoms with E-state index in [0.29, 0.717) is 47.9 Å². The smallest absolute Gasteiger partial charge is 0.193 e. The molecule has 0 aliphatic heterocycles. The van der Waals surface area contributed by atoms with E-state index in [0.717, 1.165) is 23.6 Å². The molecule has 0 saturated heterocycles. The van der Waals surface area contributed by atoms with E-state index in [9.17, 15) is 4.79 Å². The van der Waals surface area contributed by atoms with Gasteiger partial charge in [-0.25, -0.2) is 9.97 Å². The zero-order valence-corrected chi connectivity index (χ0v) is 23.9. The number of unbranched alkanes of at least 4 members (excludes halogenated alkanes) is 5. The van der Waals surface area contributed by atoms with Crippen molar-refractivity contribution in [3.63, 3.8) is 0 Å². The lowest BCUT2D eigenvalue weighted by atomic mass is 10.0. The standard InChI is InChI=1S/C34H40N4O3/c1-2-3-4-5-6-7-9-25-23-37-34(38-24-25)27-12-16-32(17-13-27)41-19-8-18-40-31-14-10-26(11-15-31)33(39)28-20-29(35)22-30(36)21-28/h10-17,20-24H,2-9,18-19,35-36H2,1H3. The van der Waals surface area contributed by atoms with Gasteiger partial charge in [0, 0.05) is 46.9 Å². The average Bonchev–Trinajstić information content (AvgIpc) is 2.99. The molecule has 4 N–H and O–H groups in total. The Morgan fingerprint density at radius 3 is 1.85 bits per heavy atom. The normalized spacial score (nSPS) is 10.9. The van der Waals surface area contributed by atoms with Gasteiger partial charge in [0.25, 0.3) is 0 Å². The van der Waals surface area contributed by atoms with Crippen molar-refractivity contribution in [1.82, 2.24) is 9.97 Å². The molecule has 0 bridgehead atoms. The van der Waals surface area contributed by atoms with Crippen LogP contribution in [-0.4, -0.2) is 29.0 Å². The van der Waals surface area contributed by atoms with Crippen LogP contribution in [0.4, 0.5) is 11.4 Å². The van der Waals surface area contributed by atoms with E-state index in [1.54, 1.807) is 42.5 Å². The van der Waals surface area contributed by atoms with Crippen molar-refractivity contribution in [2.24, 2.45) is 0 Å². The Morgan fingerprint density at radius 2 is 1.24 bits per heavy atom. The van der Waals surface area contributed by atoms with E-state index >= 15 is 0 Å². The molecule has 0 fully saturated rings. The van der Waals surface area contributed by atoms with Crippen LogP contribution in [0.1, 0.15) is 73.4 Å². The second-order valence-electron chi connectivity index (χ2n) is 10.2. The van der Waals surface area contributed by atoms with Gasteiger partial charge in [-0.15, -0.1) is 0 Å². The minimum absolute atomic E-state index is 0.137. The number of carbonyl (C=O) groups excluding carboxylic acids is 1. The molecule has 0 spiro atoms. The van der Waals surface area contributed by atoms with Crippen molar-refractivity contribution in [2.45, 2.75) is 58.3 Å². The molecule has 1 aromatic heterocycles. The number of nitrogen functional groups attached to an aromatic ring is 2. The first-order chi connectivity index (χ1) is 20.0. The SMILES string of the molecule is CCCCCCCCc1cnc(-c2ccc(OCCCOc3ccc(C(=O)c4cc(N)cc(N)c4)cc3)cc2)nc1. The Kier molecular flexibility index (Phi) is 11.1. The fraction of sp³-hybridized carbons (Fsp3) is 0.324. The van der Waals surface area contributed by atoms with Gasteiger partial charge in [-0.05, 0) is 85.1 Å². The van der Waals surface area contributed by atoms with Crippen LogP contribution in [0.2, 0.25) is 0 Å². The minimum Gasteiger partial charge on any atom is -0.493 e. The summed E-state index contributed by atoms with van der Waals surface area (Å²) in [5.41, 5.74) is 15.7. The average molecular weight is 553 g/mol. The maximum Gasteiger partial charge on any atom is 0.193 e. The third-order valence-corrected chi connectivity index (χ3v) is 6.82. The number of nitrogens with two attached hydrogens (primary N) is 2. The fourth-order valence-electron chi connectivity index (χ4n) is 4.56. The number of ether oxygens (including phenoxy) is 2. The lowest BCUT2D eigenvalue weighted by Crippen LogP contribution is -2.06. The Hall–Kier alpha value is -4.39. The Bertz CT molecular complexity index is 1350. The lowest BCUT2D eigenvalue weighted by Gasteiger charge is -2.09. The predicted octanol–water partition coefficient (Wildman–Crippen LogP) is 7.29. The van der Waals surface area contributed by atoms with Crippen molar-refractivity contribution >= 4 is 17.2 Å². The van der Waals surface area contributed by atoms with Crippen molar-refractivity contribution in [1.29, 1.82) is 0 Å². The topological polar surface area (TPSA) is 113 Å². The first-order valence-electron chi connectivity index (χ1n) is 14.5. The first kappa shape index (κ1) is 29.6. The Morgan fingerprint density at radius 1 is 0.683 bits per heavy atom. The van der Waals surface area contributed by atoms with Gasteiger partial charge in [-0.3, -0.25) is 4.79 Å². The van der Waals surface area contributed by atoms with Crippen LogP contribution in [-0.2, 0) is 6.42 Å². The molecule has 0 unspecified atom stereocenters. The molecular weight excluding hydrogens is 512 g/mol. The number of hydrogen-bond acceptors (Lipinski definition) is 7. The van der Waals surface area contributed by atoms with Gasteiger partial charge in [0.2, 0.25) is 0 Å². The van der Waals surface area contributed by atoms with Crippen LogP contribution in [0.25, 0.3) is 11.4 Å². The van der Waals surface area contributed by atoms with Gasteiger partial charge in [-0.2, -0.15) is 0 Å². The number of nitrogens with zero attached hydrogens (tertiary/aromatic N) is 2. The second-order valence-corrected chi connectivity index (χ2v) is 10.2. The molecule has 0 atom stereocenters. The molecule has 7 nitrogen and oxygen atoms in total. The van der Waals surface area contributed by atoms with Crippen molar-refractivity contribution in [3.05, 3.63) is 95.8 Å². The van der Waals surface area contributed by atoms with Gasteiger partial charge in [0.15, 0.2) is 11.6 Å². The van der Waals surface area contributed by atoms with E-state index in [2.05, 4.69) is 16.9 Å². The number of ketones is 1. The molecule has 0 radical (unpaired) electrons. The Balaban J connectivity index is 1.15. The molecule has 0 saturated carbocycles. The Labute approximate surface area is 242 Å². The quantitative estimate of drug-likeness (QED) is 0.0852. The van der Waals surface area contributed by atoms with Crippen LogP contribution >= 0.6 is 0 Å². The number of rotatable bonds is 16. The molecule has 7 heteroatoms. The lowest BCUT2D eigenvalue weighted by molar-refractivity contribution is 0.103. The van der Waals surface area contributed by atoms with Gasteiger partial charge in [0.1, 0.15) is 11.5 Å². The van der Waals surface area contributed by atoms with Crippen molar-refractivity contribution in [3.8, 4) is 22.9 Å². The molecule has 0 aliphatic rings. The van der Waals surface area contributed by atoms with Crippen LogP contribution < -0.4 is 20.9 Å². The summed E-state index contributed by atoms with van der Waals surface area (Å²) >= 11 is 0. The zero-order chi connectivity index (χ0) is 28.9. The predicted molar refractivity (Wildman–Crippen MR) is 165 cm³/mol. The summed E-state index contributed by atoms with van der Waals surface area (Å²) in [4.78, 5) is 21.8. The summed E-state index contributed by atoms with van der Waals surface area (Å²) in [6, 6.07) is 19.8. The highest BCUT2D eigenvalue weighted by atomic mass is 16.5. The molecule has 0 amide bonds. The summed E-state index contributed by atoms with van der Waals surface area (Å²) in [7, 11) is 0. The molecule has 4 aromatic rings. The maximum atomic E-state index is 12.7. The van der Waals surface area contributed by atoms with Gasteiger partial charge < -0.3 is 20.9 Å².